The minimum atomic E-state index is -3.03. The monoisotopic (exact) mass is 367 g/mol. The molecule has 1 fully saturated rings. The zero-order valence-electron chi connectivity index (χ0n) is 14.5. The minimum Gasteiger partial charge on any atom is -0.478 e. The van der Waals surface area contributed by atoms with E-state index in [9.17, 15) is 18.0 Å². The summed E-state index contributed by atoms with van der Waals surface area (Å²) >= 11 is 0. The van der Waals surface area contributed by atoms with Crippen molar-refractivity contribution in [3.05, 3.63) is 35.4 Å². The molecule has 1 aliphatic heterocycles. The molecule has 0 aliphatic carbocycles. The Bertz CT molecular complexity index is 711. The normalized spacial score (nSPS) is 18.8. The number of benzene rings is 1. The van der Waals surface area contributed by atoms with E-state index in [1.165, 1.54) is 12.1 Å². The number of hydrogen-bond donors (Lipinski definition) is 1. The third kappa shape index (κ3) is 5.56. The number of nitrogens with zero attached hydrogens (tertiary/aromatic N) is 1. The first kappa shape index (κ1) is 19.4. The van der Waals surface area contributed by atoms with E-state index in [0.29, 0.717) is 25.8 Å². The molecule has 1 aliphatic rings. The Balaban J connectivity index is 1.97. The fourth-order valence-corrected chi connectivity index (χ4v) is 4.80. The summed E-state index contributed by atoms with van der Waals surface area (Å²) in [6.45, 7) is 2.63. The molecule has 1 unspecified atom stereocenters. The van der Waals surface area contributed by atoms with Gasteiger partial charge < -0.3 is 10.0 Å². The number of hydrogen-bond acceptors (Lipinski definition) is 4. The van der Waals surface area contributed by atoms with Gasteiger partial charge in [0.2, 0.25) is 5.91 Å². The van der Waals surface area contributed by atoms with Crippen LogP contribution in [0.15, 0.2) is 24.3 Å². The third-order valence-electron chi connectivity index (χ3n) is 4.55. The number of aryl methyl sites for hydroxylation is 1. The predicted octanol–water partition coefficient (Wildman–Crippen LogP) is 2.13. The number of unbranched alkanes of at least 4 members (excludes halogenated alkanes) is 1. The molecule has 6 nitrogen and oxygen atoms in total. The van der Waals surface area contributed by atoms with E-state index >= 15 is 0 Å². The molecule has 1 heterocycles. The van der Waals surface area contributed by atoms with Gasteiger partial charge >= 0.3 is 5.97 Å². The molecule has 2 rings (SSSR count). The van der Waals surface area contributed by atoms with Gasteiger partial charge in [-0.3, -0.25) is 4.79 Å². The quantitative estimate of drug-likeness (QED) is 0.760. The second-order valence-electron chi connectivity index (χ2n) is 6.50. The molecule has 0 radical (unpaired) electrons. The zero-order chi connectivity index (χ0) is 18.4. The van der Waals surface area contributed by atoms with Crippen molar-refractivity contribution in [1.29, 1.82) is 0 Å². The van der Waals surface area contributed by atoms with Gasteiger partial charge in [-0.15, -0.1) is 0 Å². The van der Waals surface area contributed by atoms with Crippen molar-refractivity contribution in [2.45, 2.75) is 45.1 Å². The van der Waals surface area contributed by atoms with Crippen LogP contribution >= 0.6 is 0 Å². The van der Waals surface area contributed by atoms with E-state index in [1.54, 1.807) is 17.0 Å². The summed E-state index contributed by atoms with van der Waals surface area (Å²) in [5.74, 6) is -0.784. The van der Waals surface area contributed by atoms with Crippen LogP contribution < -0.4 is 0 Å². The molecule has 1 amide bonds. The lowest BCUT2D eigenvalue weighted by Gasteiger charge is -2.28. The molecule has 1 N–H and O–H groups in total. The van der Waals surface area contributed by atoms with Gasteiger partial charge in [0.05, 0.1) is 17.1 Å². The van der Waals surface area contributed by atoms with Crippen molar-refractivity contribution >= 4 is 21.7 Å². The van der Waals surface area contributed by atoms with E-state index in [2.05, 4.69) is 0 Å². The Labute approximate surface area is 148 Å². The molecule has 0 saturated carbocycles. The summed E-state index contributed by atoms with van der Waals surface area (Å²) in [6.07, 6.45) is 3.13. The summed E-state index contributed by atoms with van der Waals surface area (Å²) in [4.78, 5) is 25.2. The van der Waals surface area contributed by atoms with Crippen molar-refractivity contribution in [2.75, 3.05) is 18.1 Å². The molecular formula is C18H25NO5S. The number of rotatable bonds is 8. The van der Waals surface area contributed by atoms with Crippen LogP contribution in [0.3, 0.4) is 0 Å². The van der Waals surface area contributed by atoms with Crippen molar-refractivity contribution in [1.82, 2.24) is 4.90 Å². The highest BCUT2D eigenvalue weighted by Crippen LogP contribution is 2.20. The van der Waals surface area contributed by atoms with Gasteiger partial charge in [-0.2, -0.15) is 0 Å². The molecule has 0 bridgehead atoms. The molecule has 1 saturated heterocycles. The Morgan fingerprint density at radius 2 is 1.92 bits per heavy atom. The zero-order valence-corrected chi connectivity index (χ0v) is 15.3. The van der Waals surface area contributed by atoms with Gasteiger partial charge in [0.1, 0.15) is 0 Å². The first-order valence-electron chi connectivity index (χ1n) is 8.64. The average Bonchev–Trinajstić information content (AvgIpc) is 2.93. The van der Waals surface area contributed by atoms with Crippen LogP contribution in [0.5, 0.6) is 0 Å². The maximum Gasteiger partial charge on any atom is 0.335 e. The van der Waals surface area contributed by atoms with E-state index in [-0.39, 0.29) is 29.0 Å². The number of carbonyl (C=O) groups is 2. The Morgan fingerprint density at radius 3 is 2.44 bits per heavy atom. The van der Waals surface area contributed by atoms with Crippen LogP contribution in [-0.4, -0.2) is 54.4 Å². The number of carboxylic acids is 1. The Hall–Kier alpha value is -1.89. The highest BCUT2D eigenvalue weighted by molar-refractivity contribution is 7.91. The highest BCUT2D eigenvalue weighted by Gasteiger charge is 2.34. The summed E-state index contributed by atoms with van der Waals surface area (Å²) < 4.78 is 23.4. The molecule has 1 aromatic rings. The highest BCUT2D eigenvalue weighted by atomic mass is 32.2. The molecule has 0 aromatic heterocycles. The van der Waals surface area contributed by atoms with Crippen LogP contribution in [-0.2, 0) is 21.1 Å². The van der Waals surface area contributed by atoms with Gasteiger partial charge in [0.15, 0.2) is 9.84 Å². The van der Waals surface area contributed by atoms with Gasteiger partial charge in [0.25, 0.3) is 0 Å². The maximum absolute atomic E-state index is 12.6. The molecule has 138 valence electrons. The predicted molar refractivity (Wildman–Crippen MR) is 95.4 cm³/mol. The standard InChI is InChI=1S/C18H25NO5S/c1-2-3-11-19(16-10-12-25(23,24)13-16)17(20)9-6-14-4-7-15(8-5-14)18(21)22/h4-5,7-8,16H,2-3,6,9-13H2,1H3,(H,21,22). The summed E-state index contributed by atoms with van der Waals surface area (Å²) in [5, 5.41) is 8.90. The van der Waals surface area contributed by atoms with Crippen molar-refractivity contribution in [3.8, 4) is 0 Å². The lowest BCUT2D eigenvalue weighted by Crippen LogP contribution is -2.41. The number of carboxylic acid groups (broad SMARTS) is 1. The van der Waals surface area contributed by atoms with Gasteiger partial charge in [0, 0.05) is 19.0 Å². The van der Waals surface area contributed by atoms with E-state index in [0.717, 1.165) is 18.4 Å². The smallest absolute Gasteiger partial charge is 0.335 e. The SMILES string of the molecule is CCCCN(C(=O)CCc1ccc(C(=O)O)cc1)C1CCS(=O)(=O)C1. The fourth-order valence-electron chi connectivity index (χ4n) is 3.07. The van der Waals surface area contributed by atoms with Crippen LogP contribution in [0.25, 0.3) is 0 Å². The number of aromatic carboxylic acids is 1. The molecule has 1 aromatic carbocycles. The molecular weight excluding hydrogens is 342 g/mol. The van der Waals surface area contributed by atoms with E-state index < -0.39 is 15.8 Å². The van der Waals surface area contributed by atoms with Crippen molar-refractivity contribution in [3.63, 3.8) is 0 Å². The molecule has 0 spiro atoms. The van der Waals surface area contributed by atoms with Crippen molar-refractivity contribution < 1.29 is 23.1 Å². The lowest BCUT2D eigenvalue weighted by molar-refractivity contribution is -0.133. The molecule has 1 atom stereocenters. The maximum atomic E-state index is 12.6. The summed E-state index contributed by atoms with van der Waals surface area (Å²) in [7, 11) is -3.03. The topological polar surface area (TPSA) is 91.8 Å². The van der Waals surface area contributed by atoms with Crippen LogP contribution in [0.4, 0.5) is 0 Å². The largest absolute Gasteiger partial charge is 0.478 e. The number of sulfone groups is 1. The van der Waals surface area contributed by atoms with Crippen molar-refractivity contribution in [2.24, 2.45) is 0 Å². The third-order valence-corrected chi connectivity index (χ3v) is 6.30. The van der Waals surface area contributed by atoms with E-state index in [4.69, 9.17) is 5.11 Å². The Morgan fingerprint density at radius 1 is 1.24 bits per heavy atom. The second-order valence-corrected chi connectivity index (χ2v) is 8.73. The number of carbonyl (C=O) groups excluding carboxylic acids is 1. The first-order valence-corrected chi connectivity index (χ1v) is 10.5. The second kappa shape index (κ2) is 8.47. The van der Waals surface area contributed by atoms with Gasteiger partial charge in [-0.25, -0.2) is 13.2 Å². The van der Waals surface area contributed by atoms with Crippen LogP contribution in [0, 0.1) is 0 Å². The number of amides is 1. The molecule has 25 heavy (non-hydrogen) atoms. The average molecular weight is 367 g/mol. The summed E-state index contributed by atoms with van der Waals surface area (Å²) in [5.41, 5.74) is 1.11. The van der Waals surface area contributed by atoms with Crippen LogP contribution in [0.1, 0.15) is 48.5 Å². The molecule has 7 heteroatoms. The lowest BCUT2D eigenvalue weighted by atomic mass is 10.1. The fraction of sp³-hybridized carbons (Fsp3) is 0.556. The van der Waals surface area contributed by atoms with Gasteiger partial charge in [-0.05, 0) is 37.0 Å². The van der Waals surface area contributed by atoms with Gasteiger partial charge in [-0.1, -0.05) is 25.5 Å². The first-order chi connectivity index (χ1) is 11.8. The minimum absolute atomic E-state index is 0.0298. The summed E-state index contributed by atoms with van der Waals surface area (Å²) in [6, 6.07) is 6.28. The van der Waals surface area contributed by atoms with E-state index in [1.807, 2.05) is 6.92 Å². The van der Waals surface area contributed by atoms with Crippen LogP contribution in [0.2, 0.25) is 0 Å². The Kier molecular flexibility index (Phi) is 6.58.